The van der Waals surface area contributed by atoms with Crippen LogP contribution in [0.2, 0.25) is 0 Å². The molecule has 0 radical (unpaired) electrons. The van der Waals surface area contributed by atoms with E-state index in [-0.39, 0.29) is 5.56 Å². The van der Waals surface area contributed by atoms with E-state index >= 15 is 0 Å². The summed E-state index contributed by atoms with van der Waals surface area (Å²) in [6, 6.07) is 11.9. The monoisotopic (exact) mass is 409 g/mol. The average molecular weight is 410 g/mol. The van der Waals surface area contributed by atoms with E-state index in [1.165, 1.54) is 16.8 Å². The number of unbranched alkanes of at least 4 members (excludes halogenated alkanes) is 1. The van der Waals surface area contributed by atoms with Crippen LogP contribution in [0.4, 0.5) is 5.69 Å². The molecule has 1 aromatic carbocycles. The fourth-order valence-corrected chi connectivity index (χ4v) is 3.89. The molecule has 2 heterocycles. The van der Waals surface area contributed by atoms with Gasteiger partial charge in [0.2, 0.25) is 5.56 Å². The molecule has 0 atom stereocenters. The van der Waals surface area contributed by atoms with Crippen LogP contribution >= 0.6 is 0 Å². The third-order valence-corrected chi connectivity index (χ3v) is 5.80. The molecule has 1 aliphatic rings. The molecule has 6 nitrogen and oxygen atoms in total. The van der Waals surface area contributed by atoms with Crippen molar-refractivity contribution in [1.29, 1.82) is 0 Å². The van der Waals surface area contributed by atoms with Gasteiger partial charge in [-0.2, -0.15) is 0 Å². The fraction of sp³-hybridized carbons (Fsp3) is 0.500. The van der Waals surface area contributed by atoms with Gasteiger partial charge in [-0.25, -0.2) is 0 Å². The van der Waals surface area contributed by atoms with E-state index in [0.29, 0.717) is 0 Å². The number of benzene rings is 1. The number of aryl methyl sites for hydroxylation is 2. The average Bonchev–Trinajstić information content (AvgIpc) is 2.76. The maximum absolute atomic E-state index is 11.8. The Bertz CT molecular complexity index is 896. The van der Waals surface area contributed by atoms with Crippen molar-refractivity contribution >= 4 is 11.6 Å². The summed E-state index contributed by atoms with van der Waals surface area (Å²) in [5.74, 6) is 1.01. The molecule has 1 fully saturated rings. The largest absolute Gasteiger partial charge is 0.368 e. The van der Waals surface area contributed by atoms with Gasteiger partial charge in [-0.1, -0.05) is 18.2 Å². The summed E-state index contributed by atoms with van der Waals surface area (Å²) in [5.41, 5.74) is 4.15. The summed E-state index contributed by atoms with van der Waals surface area (Å²) < 4.78 is 1.77. The first-order chi connectivity index (χ1) is 14.6. The lowest BCUT2D eigenvalue weighted by molar-refractivity contribution is 0.372. The predicted octanol–water partition coefficient (Wildman–Crippen LogP) is 3.03. The molecule has 2 aromatic rings. The van der Waals surface area contributed by atoms with Crippen LogP contribution in [-0.2, 0) is 6.54 Å². The van der Waals surface area contributed by atoms with Crippen LogP contribution in [0.1, 0.15) is 30.9 Å². The van der Waals surface area contributed by atoms with Gasteiger partial charge >= 0.3 is 0 Å². The molecule has 1 aromatic heterocycles. The minimum absolute atomic E-state index is 0.0658. The van der Waals surface area contributed by atoms with Gasteiger partial charge in [0.05, 0.1) is 0 Å². The second kappa shape index (κ2) is 10.9. The molecule has 6 heteroatoms. The van der Waals surface area contributed by atoms with Crippen molar-refractivity contribution in [3.8, 4) is 0 Å². The number of guanidine groups is 1. The number of pyridine rings is 1. The quantitative estimate of drug-likeness (QED) is 0.434. The molecule has 0 saturated carbocycles. The zero-order valence-electron chi connectivity index (χ0n) is 18.6. The number of nitrogens with one attached hydrogen (secondary N) is 1. The predicted molar refractivity (Wildman–Crippen MR) is 126 cm³/mol. The molecule has 0 aliphatic carbocycles. The number of hydrogen-bond acceptors (Lipinski definition) is 3. The molecule has 162 valence electrons. The maximum atomic E-state index is 11.8. The molecule has 30 heavy (non-hydrogen) atoms. The Morgan fingerprint density at radius 3 is 2.57 bits per heavy atom. The van der Waals surface area contributed by atoms with Crippen LogP contribution < -0.4 is 15.8 Å². The Morgan fingerprint density at radius 2 is 1.83 bits per heavy atom. The van der Waals surface area contributed by atoms with Crippen LogP contribution in [0.25, 0.3) is 0 Å². The van der Waals surface area contributed by atoms with Crippen molar-refractivity contribution < 1.29 is 0 Å². The van der Waals surface area contributed by atoms with Crippen molar-refractivity contribution in [1.82, 2.24) is 14.8 Å². The first kappa shape index (κ1) is 21.9. The summed E-state index contributed by atoms with van der Waals surface area (Å²) in [4.78, 5) is 21.5. The molecule has 0 unspecified atom stereocenters. The SMILES string of the molecule is CCNC(=NCCCCn1ccccc1=O)N1CCN(c2cccc(C)c2C)CC1. The van der Waals surface area contributed by atoms with Crippen LogP contribution in [0.15, 0.2) is 52.4 Å². The molecular weight excluding hydrogens is 374 g/mol. The number of piperazine rings is 1. The van der Waals surface area contributed by atoms with E-state index in [2.05, 4.69) is 54.1 Å². The molecule has 1 N–H and O–H groups in total. The van der Waals surface area contributed by atoms with Crippen molar-refractivity contribution in [2.45, 2.75) is 40.2 Å². The standard InChI is InChI=1S/C24H35N5O/c1-4-25-24(26-13-6-8-15-28-14-7-5-12-23(28)30)29-18-16-27(17-19-29)22-11-9-10-20(2)21(22)3/h5,7,9-12,14H,4,6,8,13,15-19H2,1-3H3,(H,25,26). The van der Waals surface area contributed by atoms with Gasteiger partial charge in [0.15, 0.2) is 5.96 Å². The third kappa shape index (κ3) is 5.65. The molecule has 0 spiro atoms. The van der Waals surface area contributed by atoms with E-state index in [4.69, 9.17) is 4.99 Å². The van der Waals surface area contributed by atoms with Crippen LogP contribution in [0.3, 0.4) is 0 Å². The molecule has 0 bridgehead atoms. The van der Waals surface area contributed by atoms with Gasteiger partial charge in [0, 0.05) is 63.8 Å². The second-order valence-corrected chi connectivity index (χ2v) is 7.87. The van der Waals surface area contributed by atoms with E-state index < -0.39 is 0 Å². The van der Waals surface area contributed by atoms with Crippen molar-refractivity contribution in [3.05, 3.63) is 64.1 Å². The van der Waals surface area contributed by atoms with Gasteiger partial charge in [-0.3, -0.25) is 9.79 Å². The van der Waals surface area contributed by atoms with E-state index in [1.807, 2.05) is 12.3 Å². The van der Waals surface area contributed by atoms with Crippen LogP contribution in [0, 0.1) is 13.8 Å². The molecule has 3 rings (SSSR count). The second-order valence-electron chi connectivity index (χ2n) is 7.87. The number of aromatic nitrogens is 1. The lowest BCUT2D eigenvalue weighted by atomic mass is 10.1. The van der Waals surface area contributed by atoms with Gasteiger partial charge in [0.1, 0.15) is 0 Å². The Morgan fingerprint density at radius 1 is 1.03 bits per heavy atom. The molecule has 0 amide bonds. The van der Waals surface area contributed by atoms with Gasteiger partial charge in [-0.15, -0.1) is 0 Å². The first-order valence-corrected chi connectivity index (χ1v) is 11.1. The zero-order chi connectivity index (χ0) is 21.3. The number of hydrogen-bond donors (Lipinski definition) is 1. The van der Waals surface area contributed by atoms with E-state index in [9.17, 15) is 4.79 Å². The number of aliphatic imine (C=N–C) groups is 1. The van der Waals surface area contributed by atoms with Crippen molar-refractivity contribution in [3.63, 3.8) is 0 Å². The normalized spacial score (nSPS) is 14.8. The highest BCUT2D eigenvalue weighted by atomic mass is 16.1. The van der Waals surface area contributed by atoms with Crippen molar-refractivity contribution in [2.24, 2.45) is 4.99 Å². The number of rotatable bonds is 7. The number of nitrogens with zero attached hydrogens (tertiary/aromatic N) is 4. The minimum Gasteiger partial charge on any atom is -0.368 e. The Labute approximate surface area is 180 Å². The lowest BCUT2D eigenvalue weighted by Gasteiger charge is -2.38. The summed E-state index contributed by atoms with van der Waals surface area (Å²) >= 11 is 0. The maximum Gasteiger partial charge on any atom is 0.250 e. The summed E-state index contributed by atoms with van der Waals surface area (Å²) in [6.45, 7) is 12.9. The zero-order valence-corrected chi connectivity index (χ0v) is 18.6. The highest BCUT2D eigenvalue weighted by molar-refractivity contribution is 5.80. The van der Waals surface area contributed by atoms with Gasteiger partial charge < -0.3 is 19.7 Å². The summed E-state index contributed by atoms with van der Waals surface area (Å²) in [7, 11) is 0. The fourth-order valence-electron chi connectivity index (χ4n) is 3.89. The van der Waals surface area contributed by atoms with Crippen LogP contribution in [0.5, 0.6) is 0 Å². The lowest BCUT2D eigenvalue weighted by Crippen LogP contribution is -2.52. The van der Waals surface area contributed by atoms with Crippen LogP contribution in [-0.4, -0.2) is 54.7 Å². The smallest absolute Gasteiger partial charge is 0.250 e. The molecule has 1 saturated heterocycles. The van der Waals surface area contributed by atoms with E-state index in [0.717, 1.165) is 64.6 Å². The number of anilines is 1. The van der Waals surface area contributed by atoms with Gasteiger partial charge in [0.25, 0.3) is 0 Å². The Kier molecular flexibility index (Phi) is 7.94. The van der Waals surface area contributed by atoms with E-state index in [1.54, 1.807) is 16.7 Å². The minimum atomic E-state index is 0.0658. The molecular formula is C24H35N5O. The summed E-state index contributed by atoms with van der Waals surface area (Å²) in [6.07, 6.45) is 3.77. The highest BCUT2D eigenvalue weighted by Crippen LogP contribution is 2.23. The third-order valence-electron chi connectivity index (χ3n) is 5.80. The first-order valence-electron chi connectivity index (χ1n) is 11.1. The van der Waals surface area contributed by atoms with Gasteiger partial charge in [-0.05, 0) is 56.9 Å². The topological polar surface area (TPSA) is 52.9 Å². The molecule has 1 aliphatic heterocycles. The Balaban J connectivity index is 1.50. The highest BCUT2D eigenvalue weighted by Gasteiger charge is 2.20. The van der Waals surface area contributed by atoms with Crippen molar-refractivity contribution in [2.75, 3.05) is 44.2 Å². The summed E-state index contributed by atoms with van der Waals surface area (Å²) in [5, 5.41) is 3.45. The Hall–Kier alpha value is -2.76.